The number of carbonyl (C=O) groups excluding carboxylic acids is 3. The Morgan fingerprint density at radius 2 is 1.70 bits per heavy atom. The molecule has 1 aromatic heterocycles. The molecule has 0 fully saturated rings. The summed E-state index contributed by atoms with van der Waals surface area (Å²) >= 11 is 0. The lowest BCUT2D eigenvalue weighted by molar-refractivity contribution is -0.140. The molecule has 0 N–H and O–H groups in total. The van der Waals surface area contributed by atoms with Gasteiger partial charge in [-0.05, 0) is 18.1 Å². The zero-order valence-corrected chi connectivity index (χ0v) is 11.5. The van der Waals surface area contributed by atoms with Crippen molar-refractivity contribution in [1.82, 2.24) is 4.98 Å². The Morgan fingerprint density at radius 1 is 1.05 bits per heavy atom. The Kier molecular flexibility index (Phi) is 5.64. The molecule has 7 heteroatoms. The van der Waals surface area contributed by atoms with E-state index >= 15 is 0 Å². The zero-order valence-electron chi connectivity index (χ0n) is 11.5. The van der Waals surface area contributed by atoms with E-state index in [1.54, 1.807) is 0 Å². The van der Waals surface area contributed by atoms with Crippen LogP contribution in [0.1, 0.15) is 32.8 Å². The van der Waals surface area contributed by atoms with Gasteiger partial charge in [0.25, 0.3) is 0 Å². The minimum absolute atomic E-state index is 0.00489. The van der Waals surface area contributed by atoms with Crippen molar-refractivity contribution in [3.63, 3.8) is 0 Å². The first kappa shape index (κ1) is 15.6. The standard InChI is InChI=1S/C13H15NO6/c1-18-11(15)5-4-8-7-14-10(13(17)20-3)6-9(8)12(16)19-2/h6-7H,4-5H2,1-3H3. The number of pyridine rings is 1. The second-order valence-corrected chi connectivity index (χ2v) is 3.79. The largest absolute Gasteiger partial charge is 0.469 e. The summed E-state index contributed by atoms with van der Waals surface area (Å²) in [5.74, 6) is -1.68. The SMILES string of the molecule is COC(=O)CCc1cnc(C(=O)OC)cc1C(=O)OC. The monoisotopic (exact) mass is 281 g/mol. The number of nitrogens with zero attached hydrogens (tertiary/aromatic N) is 1. The lowest BCUT2D eigenvalue weighted by Gasteiger charge is -2.08. The van der Waals surface area contributed by atoms with E-state index in [0.29, 0.717) is 5.56 Å². The van der Waals surface area contributed by atoms with E-state index < -0.39 is 17.9 Å². The summed E-state index contributed by atoms with van der Waals surface area (Å²) in [4.78, 5) is 38.1. The average Bonchev–Trinajstić information content (AvgIpc) is 2.50. The number of aryl methyl sites for hydroxylation is 1. The Hall–Kier alpha value is -2.44. The van der Waals surface area contributed by atoms with Gasteiger partial charge in [-0.25, -0.2) is 14.6 Å². The van der Waals surface area contributed by atoms with Crippen LogP contribution in [-0.2, 0) is 25.4 Å². The van der Waals surface area contributed by atoms with Crippen LogP contribution in [0.15, 0.2) is 12.3 Å². The molecular formula is C13H15NO6. The Bertz CT molecular complexity index is 526. The van der Waals surface area contributed by atoms with E-state index in [9.17, 15) is 14.4 Å². The van der Waals surface area contributed by atoms with Gasteiger partial charge in [0, 0.05) is 12.6 Å². The molecular weight excluding hydrogens is 266 g/mol. The minimum Gasteiger partial charge on any atom is -0.469 e. The van der Waals surface area contributed by atoms with E-state index in [-0.39, 0.29) is 24.1 Å². The van der Waals surface area contributed by atoms with Crippen LogP contribution in [0.4, 0.5) is 0 Å². The van der Waals surface area contributed by atoms with Crippen molar-refractivity contribution in [1.29, 1.82) is 0 Å². The number of methoxy groups -OCH3 is 3. The predicted molar refractivity (Wildman–Crippen MR) is 67.3 cm³/mol. The third-order valence-electron chi connectivity index (χ3n) is 2.61. The van der Waals surface area contributed by atoms with Gasteiger partial charge in [-0.2, -0.15) is 0 Å². The number of esters is 3. The van der Waals surface area contributed by atoms with Gasteiger partial charge < -0.3 is 14.2 Å². The first-order chi connectivity index (χ1) is 9.53. The number of hydrogen-bond donors (Lipinski definition) is 0. The van der Waals surface area contributed by atoms with Crippen LogP contribution in [0.2, 0.25) is 0 Å². The van der Waals surface area contributed by atoms with Crippen molar-refractivity contribution in [3.8, 4) is 0 Å². The molecule has 0 unspecified atom stereocenters. The normalized spacial score (nSPS) is 9.75. The van der Waals surface area contributed by atoms with Crippen LogP contribution >= 0.6 is 0 Å². The smallest absolute Gasteiger partial charge is 0.356 e. The van der Waals surface area contributed by atoms with Crippen LogP contribution in [0.25, 0.3) is 0 Å². The summed E-state index contributed by atoms with van der Waals surface area (Å²) in [7, 11) is 3.72. The molecule has 0 radical (unpaired) electrons. The molecule has 1 heterocycles. The maximum absolute atomic E-state index is 11.7. The summed E-state index contributed by atoms with van der Waals surface area (Å²) in [6, 6.07) is 1.28. The van der Waals surface area contributed by atoms with Gasteiger partial charge in [0.2, 0.25) is 0 Å². The van der Waals surface area contributed by atoms with Crippen molar-refractivity contribution in [2.75, 3.05) is 21.3 Å². The number of aromatic nitrogens is 1. The zero-order chi connectivity index (χ0) is 15.1. The number of carbonyl (C=O) groups is 3. The third-order valence-corrected chi connectivity index (χ3v) is 2.61. The molecule has 0 aliphatic carbocycles. The van der Waals surface area contributed by atoms with Crippen molar-refractivity contribution < 1.29 is 28.6 Å². The quantitative estimate of drug-likeness (QED) is 0.581. The van der Waals surface area contributed by atoms with Crippen LogP contribution in [0, 0.1) is 0 Å². The van der Waals surface area contributed by atoms with Gasteiger partial charge >= 0.3 is 17.9 Å². The highest BCUT2D eigenvalue weighted by Crippen LogP contribution is 2.14. The van der Waals surface area contributed by atoms with E-state index in [0.717, 1.165) is 0 Å². The molecule has 0 amide bonds. The average molecular weight is 281 g/mol. The summed E-state index contributed by atoms with van der Waals surface area (Å²) in [5, 5.41) is 0. The van der Waals surface area contributed by atoms with E-state index in [1.807, 2.05) is 0 Å². The highest BCUT2D eigenvalue weighted by atomic mass is 16.5. The summed E-state index contributed by atoms with van der Waals surface area (Å²) < 4.78 is 13.7. The Labute approximate surface area is 115 Å². The van der Waals surface area contributed by atoms with Gasteiger partial charge in [0.15, 0.2) is 0 Å². The lowest BCUT2D eigenvalue weighted by atomic mass is 10.0. The topological polar surface area (TPSA) is 91.8 Å². The highest BCUT2D eigenvalue weighted by Gasteiger charge is 2.18. The van der Waals surface area contributed by atoms with Gasteiger partial charge in [-0.1, -0.05) is 0 Å². The second kappa shape index (κ2) is 7.22. The van der Waals surface area contributed by atoms with Crippen LogP contribution in [0.5, 0.6) is 0 Å². The summed E-state index contributed by atoms with van der Waals surface area (Å²) in [5.41, 5.74) is 0.663. The first-order valence-corrected chi connectivity index (χ1v) is 5.75. The van der Waals surface area contributed by atoms with Gasteiger partial charge in [-0.3, -0.25) is 4.79 Å². The molecule has 0 atom stereocenters. The van der Waals surface area contributed by atoms with Crippen molar-refractivity contribution in [3.05, 3.63) is 29.1 Å². The van der Waals surface area contributed by atoms with E-state index in [1.165, 1.54) is 33.6 Å². The first-order valence-electron chi connectivity index (χ1n) is 5.75. The van der Waals surface area contributed by atoms with Gasteiger partial charge in [0.1, 0.15) is 5.69 Å². The highest BCUT2D eigenvalue weighted by molar-refractivity contribution is 5.95. The van der Waals surface area contributed by atoms with Crippen molar-refractivity contribution in [2.24, 2.45) is 0 Å². The molecule has 7 nitrogen and oxygen atoms in total. The van der Waals surface area contributed by atoms with Crippen molar-refractivity contribution in [2.45, 2.75) is 12.8 Å². The molecule has 0 saturated heterocycles. The van der Waals surface area contributed by atoms with Crippen LogP contribution < -0.4 is 0 Å². The molecule has 0 saturated carbocycles. The summed E-state index contributed by atoms with van der Waals surface area (Å²) in [6.07, 6.45) is 1.70. The fraction of sp³-hybridized carbons (Fsp3) is 0.385. The molecule has 0 aliphatic rings. The second-order valence-electron chi connectivity index (χ2n) is 3.79. The number of ether oxygens (including phenoxy) is 3. The van der Waals surface area contributed by atoms with E-state index in [4.69, 9.17) is 0 Å². The van der Waals surface area contributed by atoms with Crippen LogP contribution in [0.3, 0.4) is 0 Å². The third kappa shape index (κ3) is 3.78. The Morgan fingerprint density at radius 3 is 2.25 bits per heavy atom. The summed E-state index contributed by atoms with van der Waals surface area (Å²) in [6.45, 7) is 0. The van der Waals surface area contributed by atoms with Gasteiger partial charge in [0.05, 0.1) is 26.9 Å². The fourth-order valence-corrected chi connectivity index (χ4v) is 1.54. The predicted octanol–water partition coefficient (Wildman–Crippen LogP) is 0.760. The Balaban J connectivity index is 3.07. The molecule has 0 aromatic carbocycles. The maximum Gasteiger partial charge on any atom is 0.356 e. The van der Waals surface area contributed by atoms with Gasteiger partial charge in [-0.15, -0.1) is 0 Å². The maximum atomic E-state index is 11.7. The van der Waals surface area contributed by atoms with Crippen LogP contribution in [-0.4, -0.2) is 44.2 Å². The van der Waals surface area contributed by atoms with Crippen molar-refractivity contribution >= 4 is 17.9 Å². The van der Waals surface area contributed by atoms with E-state index in [2.05, 4.69) is 19.2 Å². The minimum atomic E-state index is -0.658. The number of hydrogen-bond acceptors (Lipinski definition) is 7. The fourth-order valence-electron chi connectivity index (χ4n) is 1.54. The molecule has 108 valence electrons. The molecule has 1 aromatic rings. The molecule has 1 rings (SSSR count). The lowest BCUT2D eigenvalue weighted by Crippen LogP contribution is -2.13. The molecule has 0 spiro atoms. The molecule has 0 bridgehead atoms. The molecule has 20 heavy (non-hydrogen) atoms. The number of rotatable bonds is 5. The molecule has 0 aliphatic heterocycles.